The van der Waals surface area contributed by atoms with E-state index in [1.807, 2.05) is 6.08 Å². The van der Waals surface area contributed by atoms with Crippen LogP contribution in [0.3, 0.4) is 0 Å². The van der Waals surface area contributed by atoms with E-state index in [4.69, 9.17) is 0 Å². The molecule has 0 spiro atoms. The normalized spacial score (nSPS) is 31.8. The number of fused-ring (bicyclic) bond motifs is 1. The maximum Gasteiger partial charge on any atom is 0.174 e. The van der Waals surface area contributed by atoms with Crippen molar-refractivity contribution in [1.29, 1.82) is 0 Å². The van der Waals surface area contributed by atoms with E-state index in [1.165, 1.54) is 0 Å². The van der Waals surface area contributed by atoms with Crippen LogP contribution in [-0.4, -0.2) is 24.9 Å². The van der Waals surface area contributed by atoms with Crippen LogP contribution in [0.2, 0.25) is 0 Å². The molecular formula is C6H8N2O. The van der Waals surface area contributed by atoms with E-state index in [2.05, 4.69) is 10.6 Å². The number of Topliss-reactive ketones (excluding diaryl/α,β-unsaturated/α-hetero) is 1. The molecule has 2 heterocycles. The van der Waals surface area contributed by atoms with Crippen molar-refractivity contribution in [1.82, 2.24) is 10.6 Å². The minimum absolute atomic E-state index is 0.00463. The van der Waals surface area contributed by atoms with Gasteiger partial charge in [-0.1, -0.05) is 0 Å². The lowest BCUT2D eigenvalue weighted by Gasteiger charge is -1.99. The summed E-state index contributed by atoms with van der Waals surface area (Å²) in [5.74, 6) is 0.263. The van der Waals surface area contributed by atoms with Gasteiger partial charge >= 0.3 is 0 Å². The number of carbonyl (C=O) groups excluding carboxylic acids is 1. The monoisotopic (exact) mass is 124 g/mol. The summed E-state index contributed by atoms with van der Waals surface area (Å²) in [6, 6.07) is 0.00463. The first-order valence-corrected chi connectivity index (χ1v) is 3.08. The van der Waals surface area contributed by atoms with Crippen molar-refractivity contribution in [2.24, 2.45) is 0 Å². The second-order valence-electron chi connectivity index (χ2n) is 2.32. The van der Waals surface area contributed by atoms with Gasteiger partial charge in [-0.3, -0.25) is 10.1 Å². The Morgan fingerprint density at radius 1 is 1.67 bits per heavy atom. The van der Waals surface area contributed by atoms with Crippen molar-refractivity contribution in [2.75, 3.05) is 13.1 Å². The van der Waals surface area contributed by atoms with Gasteiger partial charge in [0.1, 0.15) is 6.04 Å². The van der Waals surface area contributed by atoms with Crippen molar-refractivity contribution >= 4 is 5.78 Å². The Balaban J connectivity index is 2.29. The number of hydrogen-bond donors (Lipinski definition) is 2. The summed E-state index contributed by atoms with van der Waals surface area (Å²) < 4.78 is 0. The molecule has 2 aliphatic heterocycles. The molecular weight excluding hydrogens is 116 g/mol. The van der Waals surface area contributed by atoms with Crippen molar-refractivity contribution in [3.8, 4) is 0 Å². The van der Waals surface area contributed by atoms with E-state index in [9.17, 15) is 4.79 Å². The predicted molar refractivity (Wildman–Crippen MR) is 32.9 cm³/mol. The predicted octanol–water partition coefficient (Wildman–Crippen LogP) is -0.986. The van der Waals surface area contributed by atoms with Gasteiger partial charge in [0.05, 0.1) is 6.54 Å². The van der Waals surface area contributed by atoms with Gasteiger partial charge in [-0.2, -0.15) is 0 Å². The van der Waals surface area contributed by atoms with Gasteiger partial charge in [-0.05, 0) is 6.08 Å². The first-order chi connectivity index (χ1) is 4.38. The zero-order valence-electron chi connectivity index (χ0n) is 4.98. The Bertz CT molecular complexity index is 185. The molecule has 1 saturated heterocycles. The number of nitrogens with one attached hydrogen (secondary N) is 2. The molecule has 48 valence electrons. The molecule has 2 rings (SSSR count). The summed E-state index contributed by atoms with van der Waals surface area (Å²) in [5.41, 5.74) is 1.07. The summed E-state index contributed by atoms with van der Waals surface area (Å²) in [6.45, 7) is 1.34. The fourth-order valence-corrected chi connectivity index (χ4v) is 1.27. The summed E-state index contributed by atoms with van der Waals surface area (Å²) in [4.78, 5) is 10.9. The molecule has 0 aromatic rings. The fraction of sp³-hybridized carbons (Fsp3) is 0.500. The third-order valence-electron chi connectivity index (χ3n) is 1.74. The Labute approximate surface area is 53.1 Å². The molecule has 0 amide bonds. The molecule has 3 nitrogen and oxygen atoms in total. The van der Waals surface area contributed by atoms with Gasteiger partial charge in [0.15, 0.2) is 5.78 Å². The van der Waals surface area contributed by atoms with E-state index in [0.29, 0.717) is 6.54 Å². The molecule has 1 atom stereocenters. The number of hydrogen-bond acceptors (Lipinski definition) is 3. The zero-order valence-corrected chi connectivity index (χ0v) is 4.98. The van der Waals surface area contributed by atoms with Crippen LogP contribution in [0, 0.1) is 0 Å². The second-order valence-corrected chi connectivity index (χ2v) is 2.32. The van der Waals surface area contributed by atoms with E-state index < -0.39 is 0 Å². The molecule has 0 aromatic heterocycles. The minimum atomic E-state index is 0.00463. The minimum Gasteiger partial charge on any atom is -0.380 e. The Morgan fingerprint density at radius 2 is 2.56 bits per heavy atom. The van der Waals surface area contributed by atoms with E-state index in [1.54, 1.807) is 0 Å². The van der Waals surface area contributed by atoms with Gasteiger partial charge in [0.2, 0.25) is 0 Å². The molecule has 9 heavy (non-hydrogen) atoms. The summed E-state index contributed by atoms with van der Waals surface area (Å²) in [6.07, 6.45) is 2.02. The van der Waals surface area contributed by atoms with Gasteiger partial charge in [-0.15, -0.1) is 0 Å². The highest BCUT2D eigenvalue weighted by Crippen LogP contribution is 2.10. The molecule has 0 saturated carbocycles. The number of rotatable bonds is 0. The van der Waals surface area contributed by atoms with Crippen LogP contribution in [0.25, 0.3) is 0 Å². The van der Waals surface area contributed by atoms with E-state index >= 15 is 0 Å². The van der Waals surface area contributed by atoms with E-state index in [-0.39, 0.29) is 11.8 Å². The smallest absolute Gasteiger partial charge is 0.174 e. The topological polar surface area (TPSA) is 41.1 Å². The first kappa shape index (κ1) is 4.99. The quantitative estimate of drug-likeness (QED) is 0.436. The van der Waals surface area contributed by atoms with Gasteiger partial charge in [0, 0.05) is 12.2 Å². The van der Waals surface area contributed by atoms with Crippen molar-refractivity contribution < 1.29 is 4.79 Å². The second kappa shape index (κ2) is 1.57. The largest absolute Gasteiger partial charge is 0.380 e. The van der Waals surface area contributed by atoms with Crippen LogP contribution in [0.15, 0.2) is 11.8 Å². The summed E-state index contributed by atoms with van der Waals surface area (Å²) >= 11 is 0. The average molecular weight is 124 g/mol. The lowest BCUT2D eigenvalue weighted by molar-refractivity contribution is -0.117. The molecule has 0 bridgehead atoms. The van der Waals surface area contributed by atoms with E-state index in [0.717, 1.165) is 12.2 Å². The SMILES string of the molecule is O=C1CNC2=CCNC12. The molecule has 1 fully saturated rings. The van der Waals surface area contributed by atoms with Crippen LogP contribution in [0.4, 0.5) is 0 Å². The molecule has 2 aliphatic rings. The highest BCUT2D eigenvalue weighted by molar-refractivity contribution is 5.92. The molecule has 0 radical (unpaired) electrons. The lowest BCUT2D eigenvalue weighted by Crippen LogP contribution is -2.29. The molecule has 1 unspecified atom stereocenters. The zero-order chi connectivity index (χ0) is 6.27. The Morgan fingerprint density at radius 3 is 3.33 bits per heavy atom. The lowest BCUT2D eigenvalue weighted by atomic mass is 10.2. The molecule has 0 aromatic carbocycles. The number of ketones is 1. The van der Waals surface area contributed by atoms with Gasteiger partial charge < -0.3 is 5.32 Å². The highest BCUT2D eigenvalue weighted by atomic mass is 16.1. The van der Waals surface area contributed by atoms with Gasteiger partial charge in [-0.25, -0.2) is 0 Å². The third-order valence-corrected chi connectivity index (χ3v) is 1.74. The maximum atomic E-state index is 10.9. The van der Waals surface area contributed by atoms with Crippen LogP contribution in [-0.2, 0) is 4.79 Å². The van der Waals surface area contributed by atoms with Crippen molar-refractivity contribution in [3.05, 3.63) is 11.8 Å². The van der Waals surface area contributed by atoms with Gasteiger partial charge in [0.25, 0.3) is 0 Å². The highest BCUT2D eigenvalue weighted by Gasteiger charge is 2.30. The summed E-state index contributed by atoms with van der Waals surface area (Å²) in [7, 11) is 0. The average Bonchev–Trinajstić information content (AvgIpc) is 2.35. The number of carbonyl (C=O) groups is 1. The first-order valence-electron chi connectivity index (χ1n) is 3.08. The van der Waals surface area contributed by atoms with Crippen LogP contribution in [0.1, 0.15) is 0 Å². The molecule has 0 aliphatic carbocycles. The molecule has 2 N–H and O–H groups in total. The Kier molecular flexibility index (Phi) is 0.873. The van der Waals surface area contributed by atoms with Crippen molar-refractivity contribution in [2.45, 2.75) is 6.04 Å². The fourth-order valence-electron chi connectivity index (χ4n) is 1.27. The van der Waals surface area contributed by atoms with Crippen molar-refractivity contribution in [3.63, 3.8) is 0 Å². The standard InChI is InChI=1S/C6H8N2O/c9-5-3-8-4-1-2-7-6(4)5/h1,6-8H,2-3H2. The summed E-state index contributed by atoms with van der Waals surface area (Å²) in [5, 5.41) is 6.08. The van der Waals surface area contributed by atoms with Crippen LogP contribution in [0.5, 0.6) is 0 Å². The molecule has 3 heteroatoms. The Hall–Kier alpha value is -0.830. The maximum absolute atomic E-state index is 10.9. The van der Waals surface area contributed by atoms with Crippen LogP contribution >= 0.6 is 0 Å². The third kappa shape index (κ3) is 0.580. The van der Waals surface area contributed by atoms with Crippen LogP contribution < -0.4 is 10.6 Å².